The van der Waals surface area contributed by atoms with E-state index in [1.54, 1.807) is 31.3 Å². The van der Waals surface area contributed by atoms with Crippen molar-refractivity contribution in [2.75, 3.05) is 33.9 Å². The van der Waals surface area contributed by atoms with E-state index in [9.17, 15) is 14.7 Å². The molecule has 1 saturated heterocycles. The molecule has 24 heavy (non-hydrogen) atoms. The van der Waals surface area contributed by atoms with Crippen molar-refractivity contribution < 1.29 is 24.2 Å². The summed E-state index contributed by atoms with van der Waals surface area (Å²) in [5.41, 5.74) is 0.821. The number of benzene rings is 1. The Kier molecular flexibility index (Phi) is 6.03. The van der Waals surface area contributed by atoms with Gasteiger partial charge in [0, 0.05) is 32.5 Å². The van der Waals surface area contributed by atoms with Crippen molar-refractivity contribution >= 4 is 11.8 Å². The zero-order valence-corrected chi connectivity index (χ0v) is 14.2. The van der Waals surface area contributed by atoms with Gasteiger partial charge < -0.3 is 24.8 Å². The molecule has 2 unspecified atom stereocenters. The Morgan fingerprint density at radius 1 is 1.25 bits per heavy atom. The lowest BCUT2D eigenvalue weighted by molar-refractivity contribution is -0.130. The molecule has 132 valence electrons. The Morgan fingerprint density at radius 3 is 2.54 bits per heavy atom. The van der Waals surface area contributed by atoms with Gasteiger partial charge in [-0.1, -0.05) is 6.07 Å². The third kappa shape index (κ3) is 4.17. The zero-order valence-electron chi connectivity index (χ0n) is 14.2. The van der Waals surface area contributed by atoms with E-state index in [-0.39, 0.29) is 36.8 Å². The van der Waals surface area contributed by atoms with Crippen LogP contribution in [0.3, 0.4) is 0 Å². The highest BCUT2D eigenvalue weighted by atomic mass is 16.5. The molecule has 7 heteroatoms. The van der Waals surface area contributed by atoms with Crippen molar-refractivity contribution in [3.8, 4) is 11.5 Å². The standard InChI is InChI=1S/C17H24N2O5/c1-11(21)18-14-9-19(8-13(14)10-20)17(22)7-12-4-5-15(23-2)16(6-12)24-3/h4-6,13-14,20H,7-10H2,1-3H3,(H,18,21). The maximum Gasteiger partial charge on any atom is 0.227 e. The molecule has 2 atom stereocenters. The van der Waals surface area contributed by atoms with Crippen molar-refractivity contribution in [3.05, 3.63) is 23.8 Å². The highest BCUT2D eigenvalue weighted by molar-refractivity contribution is 5.80. The van der Waals surface area contributed by atoms with Crippen LogP contribution in [0.1, 0.15) is 12.5 Å². The maximum absolute atomic E-state index is 12.5. The van der Waals surface area contributed by atoms with E-state index < -0.39 is 0 Å². The van der Waals surface area contributed by atoms with Crippen LogP contribution in [-0.4, -0.2) is 61.8 Å². The largest absolute Gasteiger partial charge is 0.493 e. The molecular weight excluding hydrogens is 312 g/mol. The van der Waals surface area contributed by atoms with Gasteiger partial charge >= 0.3 is 0 Å². The molecule has 1 fully saturated rings. The fourth-order valence-corrected chi connectivity index (χ4v) is 2.96. The molecule has 2 rings (SSSR count). The van der Waals surface area contributed by atoms with Gasteiger partial charge in [0.05, 0.1) is 26.7 Å². The maximum atomic E-state index is 12.5. The molecule has 0 spiro atoms. The highest BCUT2D eigenvalue weighted by Gasteiger charge is 2.35. The van der Waals surface area contributed by atoms with Gasteiger partial charge in [-0.2, -0.15) is 0 Å². The number of nitrogens with one attached hydrogen (secondary N) is 1. The van der Waals surface area contributed by atoms with Crippen LogP contribution >= 0.6 is 0 Å². The minimum atomic E-state index is -0.207. The molecule has 0 bridgehead atoms. The zero-order chi connectivity index (χ0) is 17.7. The Hall–Kier alpha value is -2.28. The molecule has 2 amide bonds. The summed E-state index contributed by atoms with van der Waals surface area (Å²) in [5, 5.41) is 12.2. The monoisotopic (exact) mass is 336 g/mol. The number of hydrogen-bond donors (Lipinski definition) is 2. The summed E-state index contributed by atoms with van der Waals surface area (Å²) in [6.45, 7) is 2.22. The molecule has 0 aromatic heterocycles. The van der Waals surface area contributed by atoms with Gasteiger partial charge in [-0.3, -0.25) is 9.59 Å². The second kappa shape index (κ2) is 8.01. The van der Waals surface area contributed by atoms with E-state index >= 15 is 0 Å². The Bertz CT molecular complexity index is 605. The van der Waals surface area contributed by atoms with Crippen LogP contribution in [0.25, 0.3) is 0 Å². The van der Waals surface area contributed by atoms with Crippen LogP contribution in [0.15, 0.2) is 18.2 Å². The first-order valence-corrected chi connectivity index (χ1v) is 7.85. The smallest absolute Gasteiger partial charge is 0.227 e. The second-order valence-electron chi connectivity index (χ2n) is 5.91. The second-order valence-corrected chi connectivity index (χ2v) is 5.91. The minimum absolute atomic E-state index is 0.0477. The Morgan fingerprint density at radius 2 is 1.96 bits per heavy atom. The van der Waals surface area contributed by atoms with Crippen molar-refractivity contribution in [1.29, 1.82) is 0 Å². The fourth-order valence-electron chi connectivity index (χ4n) is 2.96. The number of aliphatic hydroxyl groups is 1. The van der Waals surface area contributed by atoms with E-state index in [1.165, 1.54) is 6.92 Å². The lowest BCUT2D eigenvalue weighted by Crippen LogP contribution is -2.40. The van der Waals surface area contributed by atoms with Crippen LogP contribution < -0.4 is 14.8 Å². The number of methoxy groups -OCH3 is 2. The predicted octanol–water partition coefficient (Wildman–Crippen LogP) is 0.202. The van der Waals surface area contributed by atoms with Crippen molar-refractivity contribution in [1.82, 2.24) is 10.2 Å². The van der Waals surface area contributed by atoms with E-state index in [4.69, 9.17) is 9.47 Å². The number of nitrogens with zero attached hydrogens (tertiary/aromatic N) is 1. The molecule has 1 aliphatic heterocycles. The lowest BCUT2D eigenvalue weighted by atomic mass is 10.1. The molecule has 2 N–H and O–H groups in total. The molecule has 0 saturated carbocycles. The van der Waals surface area contributed by atoms with Gasteiger partial charge in [-0.25, -0.2) is 0 Å². The van der Waals surface area contributed by atoms with E-state index in [0.717, 1.165) is 5.56 Å². The van der Waals surface area contributed by atoms with Gasteiger partial charge in [0.2, 0.25) is 11.8 Å². The molecular formula is C17H24N2O5. The van der Waals surface area contributed by atoms with Crippen LogP contribution in [0.4, 0.5) is 0 Å². The van der Waals surface area contributed by atoms with Gasteiger partial charge in [0.15, 0.2) is 11.5 Å². The first-order chi connectivity index (χ1) is 11.5. The fraction of sp³-hybridized carbons (Fsp3) is 0.529. The summed E-state index contributed by atoms with van der Waals surface area (Å²) in [6, 6.07) is 5.16. The quantitative estimate of drug-likeness (QED) is 0.775. The van der Waals surface area contributed by atoms with Crippen molar-refractivity contribution in [3.63, 3.8) is 0 Å². The number of amides is 2. The van der Waals surface area contributed by atoms with E-state index in [1.807, 2.05) is 6.07 Å². The van der Waals surface area contributed by atoms with Crippen LogP contribution in [0.5, 0.6) is 11.5 Å². The predicted molar refractivity (Wildman–Crippen MR) is 88.0 cm³/mol. The number of carbonyl (C=O) groups excluding carboxylic acids is 2. The molecule has 7 nitrogen and oxygen atoms in total. The summed E-state index contributed by atoms with van der Waals surface area (Å²) in [5.74, 6) is 0.846. The minimum Gasteiger partial charge on any atom is -0.493 e. The topological polar surface area (TPSA) is 88.1 Å². The summed E-state index contributed by atoms with van der Waals surface area (Å²) >= 11 is 0. The first kappa shape index (κ1) is 18.1. The summed E-state index contributed by atoms with van der Waals surface area (Å²) < 4.78 is 10.4. The number of carbonyl (C=O) groups is 2. The molecule has 1 aliphatic rings. The summed E-state index contributed by atoms with van der Waals surface area (Å²) in [7, 11) is 3.11. The van der Waals surface area contributed by atoms with Crippen LogP contribution in [-0.2, 0) is 16.0 Å². The van der Waals surface area contributed by atoms with Crippen molar-refractivity contribution in [2.45, 2.75) is 19.4 Å². The molecule has 1 heterocycles. The average molecular weight is 336 g/mol. The van der Waals surface area contributed by atoms with Gasteiger partial charge in [-0.15, -0.1) is 0 Å². The normalized spacial score (nSPS) is 19.9. The Labute approximate surface area is 141 Å². The molecule has 1 aromatic rings. The van der Waals surface area contributed by atoms with Crippen LogP contribution in [0.2, 0.25) is 0 Å². The van der Waals surface area contributed by atoms with E-state index in [2.05, 4.69) is 5.32 Å². The van der Waals surface area contributed by atoms with Crippen molar-refractivity contribution in [2.24, 2.45) is 5.92 Å². The number of rotatable bonds is 6. The lowest BCUT2D eigenvalue weighted by Gasteiger charge is -2.17. The average Bonchev–Trinajstić information content (AvgIpc) is 2.97. The summed E-state index contributed by atoms with van der Waals surface area (Å²) in [4.78, 5) is 25.4. The number of ether oxygens (including phenoxy) is 2. The van der Waals surface area contributed by atoms with Gasteiger partial charge in [0.1, 0.15) is 0 Å². The molecule has 1 aromatic carbocycles. The SMILES string of the molecule is COc1ccc(CC(=O)N2CC(CO)C(NC(C)=O)C2)cc1OC. The van der Waals surface area contributed by atoms with Crippen LogP contribution in [0, 0.1) is 5.92 Å². The number of likely N-dealkylation sites (tertiary alicyclic amines) is 1. The third-order valence-electron chi connectivity index (χ3n) is 4.22. The van der Waals surface area contributed by atoms with E-state index in [0.29, 0.717) is 24.6 Å². The number of hydrogen-bond acceptors (Lipinski definition) is 5. The molecule has 0 radical (unpaired) electrons. The third-order valence-corrected chi connectivity index (χ3v) is 4.22. The summed E-state index contributed by atoms with van der Waals surface area (Å²) in [6.07, 6.45) is 0.227. The highest BCUT2D eigenvalue weighted by Crippen LogP contribution is 2.28. The number of aliphatic hydroxyl groups excluding tert-OH is 1. The molecule has 0 aliphatic carbocycles. The van der Waals surface area contributed by atoms with Gasteiger partial charge in [0.25, 0.3) is 0 Å². The van der Waals surface area contributed by atoms with Gasteiger partial charge in [-0.05, 0) is 17.7 Å². The Balaban J connectivity index is 2.03. The first-order valence-electron chi connectivity index (χ1n) is 7.85.